The second-order valence-corrected chi connectivity index (χ2v) is 5.74. The molecule has 1 aliphatic rings. The molecule has 0 unspecified atom stereocenters. The summed E-state index contributed by atoms with van der Waals surface area (Å²) in [6.07, 6.45) is 3.80. The zero-order chi connectivity index (χ0) is 16.4. The first-order valence-electron chi connectivity index (χ1n) is 7.86. The van der Waals surface area contributed by atoms with E-state index in [0.717, 1.165) is 6.42 Å². The molecule has 0 aromatic carbocycles. The fourth-order valence-corrected chi connectivity index (χ4v) is 3.10. The van der Waals surface area contributed by atoms with Crippen molar-refractivity contribution < 1.29 is 14.2 Å². The molecule has 0 amide bonds. The van der Waals surface area contributed by atoms with Crippen LogP contribution in [0.2, 0.25) is 0 Å². The summed E-state index contributed by atoms with van der Waals surface area (Å²) in [6.45, 7) is 5.33. The highest BCUT2D eigenvalue weighted by Gasteiger charge is 2.43. The van der Waals surface area contributed by atoms with Crippen LogP contribution in [0.15, 0.2) is 12.7 Å². The first-order valence-corrected chi connectivity index (χ1v) is 7.86. The third kappa shape index (κ3) is 2.89. The summed E-state index contributed by atoms with van der Waals surface area (Å²) in [4.78, 5) is 12.6. The van der Waals surface area contributed by atoms with Gasteiger partial charge in [-0.15, -0.1) is 0 Å². The van der Waals surface area contributed by atoms with Gasteiger partial charge in [0.15, 0.2) is 17.7 Å². The number of methoxy groups -OCH3 is 1. The molecule has 1 saturated heterocycles. The molecule has 0 spiro atoms. The molecule has 0 aliphatic carbocycles. The number of imidazole rings is 1. The smallest absolute Gasteiger partial charge is 0.167 e. The molecule has 8 nitrogen and oxygen atoms in total. The van der Waals surface area contributed by atoms with Crippen molar-refractivity contribution in [1.29, 1.82) is 0 Å². The minimum absolute atomic E-state index is 0.0938. The molecule has 2 aromatic heterocycles. The molecule has 2 N–H and O–H groups in total. The lowest BCUT2D eigenvalue weighted by molar-refractivity contribution is -0.0707. The van der Waals surface area contributed by atoms with Crippen molar-refractivity contribution in [1.82, 2.24) is 19.5 Å². The van der Waals surface area contributed by atoms with E-state index >= 15 is 0 Å². The van der Waals surface area contributed by atoms with Gasteiger partial charge in [0.1, 0.15) is 17.9 Å². The number of anilines is 1. The number of hydrogen-bond donors (Lipinski definition) is 1. The Hall–Kier alpha value is -1.77. The van der Waals surface area contributed by atoms with Crippen LogP contribution < -0.4 is 5.73 Å². The average molecular weight is 321 g/mol. The molecule has 0 saturated carbocycles. The van der Waals surface area contributed by atoms with Gasteiger partial charge in [-0.3, -0.25) is 4.57 Å². The van der Waals surface area contributed by atoms with Crippen molar-refractivity contribution >= 4 is 17.0 Å². The Kier molecular flexibility index (Phi) is 4.74. The number of hydrogen-bond acceptors (Lipinski definition) is 7. The van der Waals surface area contributed by atoms with Crippen LogP contribution in [0.5, 0.6) is 0 Å². The van der Waals surface area contributed by atoms with E-state index in [4.69, 9.17) is 19.9 Å². The first-order chi connectivity index (χ1) is 11.2. The first kappa shape index (κ1) is 16.1. The van der Waals surface area contributed by atoms with Gasteiger partial charge >= 0.3 is 0 Å². The second kappa shape index (κ2) is 6.77. The van der Waals surface area contributed by atoms with Crippen LogP contribution in [0, 0.1) is 5.92 Å². The zero-order valence-corrected chi connectivity index (χ0v) is 13.7. The molecule has 2 aromatic rings. The Morgan fingerprint density at radius 2 is 2.13 bits per heavy atom. The van der Waals surface area contributed by atoms with E-state index in [9.17, 15) is 0 Å². The molecular formula is C15H23N5O3. The Labute approximate surface area is 135 Å². The highest BCUT2D eigenvalue weighted by atomic mass is 16.6. The number of fused-ring (bicyclic) bond motifs is 1. The summed E-state index contributed by atoms with van der Waals surface area (Å²) >= 11 is 0. The van der Waals surface area contributed by atoms with E-state index in [1.807, 2.05) is 4.57 Å². The van der Waals surface area contributed by atoms with E-state index in [2.05, 4.69) is 28.8 Å². The van der Waals surface area contributed by atoms with Crippen molar-refractivity contribution in [2.24, 2.45) is 5.92 Å². The lowest BCUT2D eigenvalue weighted by Crippen LogP contribution is -2.29. The van der Waals surface area contributed by atoms with E-state index < -0.39 is 0 Å². The van der Waals surface area contributed by atoms with Gasteiger partial charge in [-0.05, 0) is 6.42 Å². The molecular weight excluding hydrogens is 298 g/mol. The number of aromatic nitrogens is 4. The summed E-state index contributed by atoms with van der Waals surface area (Å²) in [7, 11) is 1.66. The highest BCUT2D eigenvalue weighted by molar-refractivity contribution is 5.81. The fourth-order valence-electron chi connectivity index (χ4n) is 3.10. The van der Waals surface area contributed by atoms with Crippen LogP contribution in [-0.4, -0.2) is 52.1 Å². The zero-order valence-electron chi connectivity index (χ0n) is 13.7. The predicted octanol–water partition coefficient (Wildman–Crippen LogP) is 1.38. The maximum atomic E-state index is 6.21. The quantitative estimate of drug-likeness (QED) is 0.803. The van der Waals surface area contributed by atoms with Crippen LogP contribution in [0.25, 0.3) is 11.2 Å². The standard InChI is InChI=1S/C15H23N5O3/c1-4-10-9(2)12(22-6-5-21-3)15(23-10)20-8-19-11-13(16)17-7-18-14(11)20/h7-10,12,15H,4-6H2,1-3H3,(H2,16,17,18)/t9-,10-,12-,15-/m1/s1. The number of rotatable bonds is 6. The van der Waals surface area contributed by atoms with Crippen molar-refractivity contribution in [3.8, 4) is 0 Å². The largest absolute Gasteiger partial charge is 0.382 e. The monoisotopic (exact) mass is 321 g/mol. The third-order valence-corrected chi connectivity index (χ3v) is 4.36. The van der Waals surface area contributed by atoms with Gasteiger partial charge in [-0.25, -0.2) is 15.0 Å². The molecule has 3 heterocycles. The predicted molar refractivity (Wildman–Crippen MR) is 84.7 cm³/mol. The molecule has 4 atom stereocenters. The van der Waals surface area contributed by atoms with Gasteiger partial charge < -0.3 is 19.9 Å². The normalized spacial score (nSPS) is 27.8. The van der Waals surface area contributed by atoms with Crippen LogP contribution >= 0.6 is 0 Å². The lowest BCUT2D eigenvalue weighted by Gasteiger charge is -2.22. The minimum Gasteiger partial charge on any atom is -0.382 e. The van der Waals surface area contributed by atoms with Crippen molar-refractivity contribution in [2.75, 3.05) is 26.1 Å². The Balaban J connectivity index is 1.92. The average Bonchev–Trinajstić information content (AvgIpc) is 3.10. The Morgan fingerprint density at radius 3 is 2.87 bits per heavy atom. The van der Waals surface area contributed by atoms with Crippen LogP contribution in [0.1, 0.15) is 26.5 Å². The molecule has 126 valence electrons. The highest BCUT2D eigenvalue weighted by Crippen LogP contribution is 2.38. The van der Waals surface area contributed by atoms with Gasteiger partial charge in [0.05, 0.1) is 25.6 Å². The number of nitrogens with zero attached hydrogens (tertiary/aromatic N) is 4. The molecule has 0 radical (unpaired) electrons. The summed E-state index contributed by atoms with van der Waals surface area (Å²) in [6, 6.07) is 0. The minimum atomic E-state index is -0.286. The van der Waals surface area contributed by atoms with Crippen LogP contribution in [0.4, 0.5) is 5.82 Å². The summed E-state index contributed by atoms with van der Waals surface area (Å²) < 4.78 is 19.2. The molecule has 8 heteroatoms. The van der Waals surface area contributed by atoms with Gasteiger partial charge in [0.2, 0.25) is 0 Å². The summed E-state index contributed by atoms with van der Waals surface area (Å²) in [5, 5.41) is 0. The summed E-state index contributed by atoms with van der Waals surface area (Å²) in [5.41, 5.74) is 7.11. The lowest BCUT2D eigenvalue weighted by atomic mass is 9.98. The molecule has 1 fully saturated rings. The third-order valence-electron chi connectivity index (χ3n) is 4.36. The number of ether oxygens (including phenoxy) is 3. The summed E-state index contributed by atoms with van der Waals surface area (Å²) in [5.74, 6) is 0.627. The van der Waals surface area contributed by atoms with E-state index in [1.165, 1.54) is 6.33 Å². The maximum Gasteiger partial charge on any atom is 0.167 e. The van der Waals surface area contributed by atoms with Gasteiger partial charge in [-0.1, -0.05) is 13.8 Å². The number of nitrogen functional groups attached to an aromatic ring is 1. The molecule has 0 bridgehead atoms. The SMILES string of the molecule is CC[C@H]1O[C@@H](n2cnc3c(N)ncnc32)[C@H](OCCOC)[C@@H]1C. The van der Waals surface area contributed by atoms with E-state index in [0.29, 0.717) is 30.2 Å². The molecule has 23 heavy (non-hydrogen) atoms. The van der Waals surface area contributed by atoms with E-state index in [-0.39, 0.29) is 24.4 Å². The number of nitrogens with two attached hydrogens (primary N) is 1. The van der Waals surface area contributed by atoms with Crippen LogP contribution in [0.3, 0.4) is 0 Å². The van der Waals surface area contributed by atoms with Crippen molar-refractivity contribution in [3.05, 3.63) is 12.7 Å². The Morgan fingerprint density at radius 1 is 1.30 bits per heavy atom. The van der Waals surface area contributed by atoms with Crippen molar-refractivity contribution in [2.45, 2.75) is 38.7 Å². The topological polar surface area (TPSA) is 97.3 Å². The van der Waals surface area contributed by atoms with Gasteiger partial charge in [-0.2, -0.15) is 0 Å². The maximum absolute atomic E-state index is 6.21. The fraction of sp³-hybridized carbons (Fsp3) is 0.667. The van der Waals surface area contributed by atoms with Crippen LogP contribution in [-0.2, 0) is 14.2 Å². The van der Waals surface area contributed by atoms with Crippen molar-refractivity contribution in [3.63, 3.8) is 0 Å². The molecule has 1 aliphatic heterocycles. The van der Waals surface area contributed by atoms with Gasteiger partial charge in [0, 0.05) is 13.0 Å². The van der Waals surface area contributed by atoms with E-state index in [1.54, 1.807) is 13.4 Å². The molecule has 3 rings (SSSR count). The van der Waals surface area contributed by atoms with Gasteiger partial charge in [0.25, 0.3) is 0 Å². The Bertz CT molecular complexity index is 662. The second-order valence-electron chi connectivity index (χ2n) is 5.74.